The summed E-state index contributed by atoms with van der Waals surface area (Å²) in [7, 11) is 0. The zero-order valence-electron chi connectivity index (χ0n) is 9.35. The van der Waals surface area contributed by atoms with Gasteiger partial charge in [-0.2, -0.15) is 0 Å². The highest BCUT2D eigenvalue weighted by Crippen LogP contribution is 2.53. The van der Waals surface area contributed by atoms with E-state index >= 15 is 0 Å². The van der Waals surface area contributed by atoms with Crippen molar-refractivity contribution in [3.8, 4) is 17.5 Å². The Bertz CT molecular complexity index is 542. The minimum atomic E-state index is -0.651. The molecule has 1 heterocycles. The average molecular weight is 285 g/mol. The highest BCUT2D eigenvalue weighted by atomic mass is 35.5. The summed E-state index contributed by atoms with van der Waals surface area (Å²) in [5.74, 6) is 0.567. The van der Waals surface area contributed by atoms with Gasteiger partial charge in [0.25, 0.3) is 5.89 Å². The van der Waals surface area contributed by atoms with E-state index in [9.17, 15) is 0 Å². The zero-order chi connectivity index (χ0) is 12.6. The Morgan fingerprint density at radius 3 is 2.67 bits per heavy atom. The molecule has 6 heteroatoms. The first-order chi connectivity index (χ1) is 8.65. The van der Waals surface area contributed by atoms with Crippen LogP contribution in [-0.4, -0.2) is 21.1 Å². The SMILES string of the molecule is ClC1(Cl)CC1COc1nnc(-c2ccccc2)o1. The number of halogens is 2. The largest absolute Gasteiger partial charge is 0.449 e. The van der Waals surface area contributed by atoms with E-state index in [-0.39, 0.29) is 12.0 Å². The quantitative estimate of drug-likeness (QED) is 0.809. The monoisotopic (exact) mass is 284 g/mol. The number of benzene rings is 1. The summed E-state index contributed by atoms with van der Waals surface area (Å²) in [4.78, 5) is 0. The van der Waals surface area contributed by atoms with Crippen molar-refractivity contribution < 1.29 is 9.15 Å². The molecule has 0 N–H and O–H groups in total. The molecule has 1 aliphatic rings. The average Bonchev–Trinajstić information content (AvgIpc) is 2.79. The van der Waals surface area contributed by atoms with Crippen LogP contribution in [0.15, 0.2) is 34.7 Å². The summed E-state index contributed by atoms with van der Waals surface area (Å²) in [6.07, 6.45) is 0.875. The van der Waals surface area contributed by atoms with Crippen molar-refractivity contribution in [3.63, 3.8) is 0 Å². The van der Waals surface area contributed by atoms with Crippen LogP contribution in [0.1, 0.15) is 6.42 Å². The molecule has 0 saturated heterocycles. The van der Waals surface area contributed by atoms with Gasteiger partial charge in [0, 0.05) is 11.5 Å². The van der Waals surface area contributed by atoms with E-state index in [1.807, 2.05) is 30.3 Å². The van der Waals surface area contributed by atoms with Crippen molar-refractivity contribution in [3.05, 3.63) is 30.3 Å². The Balaban J connectivity index is 1.64. The number of rotatable bonds is 4. The second-order valence-electron chi connectivity index (χ2n) is 4.21. The van der Waals surface area contributed by atoms with Crippen LogP contribution < -0.4 is 4.74 Å². The number of alkyl halides is 2. The number of hydrogen-bond acceptors (Lipinski definition) is 4. The van der Waals surface area contributed by atoms with Gasteiger partial charge in [0.2, 0.25) is 0 Å². The fourth-order valence-corrected chi connectivity index (χ4v) is 2.09. The molecule has 1 atom stereocenters. The molecule has 94 valence electrons. The Labute approximate surface area is 114 Å². The lowest BCUT2D eigenvalue weighted by Crippen LogP contribution is -2.04. The van der Waals surface area contributed by atoms with Crippen molar-refractivity contribution in [2.45, 2.75) is 10.8 Å². The van der Waals surface area contributed by atoms with Crippen LogP contribution in [0.3, 0.4) is 0 Å². The maximum Gasteiger partial charge on any atom is 0.414 e. The number of nitrogens with zero attached hydrogens (tertiary/aromatic N) is 2. The summed E-state index contributed by atoms with van der Waals surface area (Å²) < 4.78 is 10.1. The Kier molecular flexibility index (Phi) is 2.92. The third-order valence-corrected chi connectivity index (χ3v) is 3.72. The molecule has 18 heavy (non-hydrogen) atoms. The van der Waals surface area contributed by atoms with E-state index in [1.165, 1.54) is 0 Å². The smallest absolute Gasteiger partial charge is 0.414 e. The van der Waals surface area contributed by atoms with Crippen LogP contribution in [0, 0.1) is 5.92 Å². The van der Waals surface area contributed by atoms with Crippen molar-refractivity contribution in [1.82, 2.24) is 10.2 Å². The van der Waals surface area contributed by atoms with Crippen molar-refractivity contribution in [2.75, 3.05) is 6.61 Å². The fraction of sp³-hybridized carbons (Fsp3) is 0.333. The van der Waals surface area contributed by atoms with E-state index in [0.717, 1.165) is 12.0 Å². The molecule has 0 spiro atoms. The van der Waals surface area contributed by atoms with Gasteiger partial charge in [-0.05, 0) is 18.6 Å². The molecule has 1 aromatic heterocycles. The lowest BCUT2D eigenvalue weighted by atomic mass is 10.2. The second kappa shape index (κ2) is 4.44. The molecule has 1 fully saturated rings. The maximum atomic E-state index is 5.89. The van der Waals surface area contributed by atoms with Crippen molar-refractivity contribution in [1.29, 1.82) is 0 Å². The normalized spacial score (nSPS) is 20.7. The van der Waals surface area contributed by atoms with Gasteiger partial charge in [-0.1, -0.05) is 23.3 Å². The van der Waals surface area contributed by atoms with Gasteiger partial charge < -0.3 is 9.15 Å². The van der Waals surface area contributed by atoms with Gasteiger partial charge in [0.05, 0.1) is 6.61 Å². The number of aromatic nitrogens is 2. The highest BCUT2D eigenvalue weighted by molar-refractivity contribution is 6.50. The predicted molar refractivity (Wildman–Crippen MR) is 67.8 cm³/mol. The van der Waals surface area contributed by atoms with E-state index < -0.39 is 4.33 Å². The molecule has 1 unspecified atom stereocenters. The molecule has 0 radical (unpaired) electrons. The molecule has 1 aliphatic carbocycles. The topological polar surface area (TPSA) is 48.2 Å². The standard InChI is InChI=1S/C12H10Cl2N2O2/c13-12(14)6-9(12)7-17-11-16-15-10(18-11)8-4-2-1-3-5-8/h1-5,9H,6-7H2. The van der Waals surface area contributed by atoms with E-state index in [2.05, 4.69) is 10.2 Å². The van der Waals surface area contributed by atoms with Crippen LogP contribution in [0.4, 0.5) is 0 Å². The van der Waals surface area contributed by atoms with Crippen LogP contribution in [-0.2, 0) is 0 Å². The van der Waals surface area contributed by atoms with Gasteiger partial charge in [-0.25, -0.2) is 0 Å². The summed E-state index contributed by atoms with van der Waals surface area (Å²) >= 11 is 11.8. The molecule has 1 aromatic carbocycles. The van der Waals surface area contributed by atoms with E-state index in [1.54, 1.807) is 0 Å². The summed E-state index contributed by atoms with van der Waals surface area (Å²) in [6.45, 7) is 0.392. The van der Waals surface area contributed by atoms with Gasteiger partial charge in [0.1, 0.15) is 4.33 Å². The van der Waals surface area contributed by atoms with Crippen LogP contribution in [0.2, 0.25) is 0 Å². The zero-order valence-corrected chi connectivity index (χ0v) is 10.9. The molecular weight excluding hydrogens is 275 g/mol. The first-order valence-corrected chi connectivity index (χ1v) is 6.30. The van der Waals surface area contributed by atoms with E-state index in [4.69, 9.17) is 32.4 Å². The highest BCUT2D eigenvalue weighted by Gasteiger charge is 2.52. The first kappa shape index (κ1) is 11.8. The summed E-state index contributed by atoms with van der Waals surface area (Å²) in [6, 6.07) is 9.51. The van der Waals surface area contributed by atoms with Crippen LogP contribution in [0.5, 0.6) is 6.08 Å². The fourth-order valence-electron chi connectivity index (χ4n) is 1.59. The molecule has 4 nitrogen and oxygen atoms in total. The summed E-state index contributed by atoms with van der Waals surface area (Å²) in [5, 5.41) is 7.73. The maximum absolute atomic E-state index is 5.89. The first-order valence-electron chi connectivity index (χ1n) is 5.55. The molecule has 0 aliphatic heterocycles. The van der Waals surface area contributed by atoms with Gasteiger partial charge in [-0.15, -0.1) is 28.3 Å². The Morgan fingerprint density at radius 2 is 2.00 bits per heavy atom. The van der Waals surface area contributed by atoms with Gasteiger partial charge >= 0.3 is 6.08 Å². The molecule has 0 bridgehead atoms. The Hall–Kier alpha value is -1.26. The van der Waals surface area contributed by atoms with Gasteiger partial charge in [0.15, 0.2) is 0 Å². The molecular formula is C12H10Cl2N2O2. The molecule has 2 aromatic rings. The minimum absolute atomic E-state index is 0.132. The van der Waals surface area contributed by atoms with Crippen molar-refractivity contribution in [2.24, 2.45) is 5.92 Å². The lowest BCUT2D eigenvalue weighted by molar-refractivity contribution is 0.220. The molecule has 3 rings (SSSR count). The van der Waals surface area contributed by atoms with Gasteiger partial charge in [-0.3, -0.25) is 0 Å². The third kappa shape index (κ3) is 2.44. The Morgan fingerprint density at radius 1 is 1.28 bits per heavy atom. The number of hydrogen-bond donors (Lipinski definition) is 0. The van der Waals surface area contributed by atoms with Crippen molar-refractivity contribution >= 4 is 23.2 Å². The summed E-state index contributed by atoms with van der Waals surface area (Å²) in [5.41, 5.74) is 0.857. The predicted octanol–water partition coefficient (Wildman–Crippen LogP) is 3.31. The second-order valence-corrected chi connectivity index (χ2v) is 5.75. The van der Waals surface area contributed by atoms with Crippen LogP contribution in [0.25, 0.3) is 11.5 Å². The molecule has 1 saturated carbocycles. The molecule has 0 amide bonds. The minimum Gasteiger partial charge on any atom is -0.449 e. The number of ether oxygens (including phenoxy) is 1. The lowest BCUT2D eigenvalue weighted by Gasteiger charge is -1.99. The van der Waals surface area contributed by atoms with Crippen LogP contribution >= 0.6 is 23.2 Å². The van der Waals surface area contributed by atoms with E-state index in [0.29, 0.717) is 12.5 Å². The third-order valence-electron chi connectivity index (χ3n) is 2.79.